The van der Waals surface area contributed by atoms with Crippen molar-refractivity contribution in [2.45, 2.75) is 13.3 Å². The van der Waals surface area contributed by atoms with Crippen LogP contribution in [0.15, 0.2) is 68.7 Å². The van der Waals surface area contributed by atoms with Crippen LogP contribution in [0.5, 0.6) is 11.5 Å². The van der Waals surface area contributed by atoms with E-state index in [-0.39, 0.29) is 11.4 Å². The van der Waals surface area contributed by atoms with Crippen LogP contribution < -0.4 is 9.47 Å². The van der Waals surface area contributed by atoms with Crippen molar-refractivity contribution in [1.82, 2.24) is 5.01 Å². The van der Waals surface area contributed by atoms with E-state index in [0.717, 1.165) is 27.3 Å². The Morgan fingerprint density at radius 3 is 2.29 bits per heavy atom. The van der Waals surface area contributed by atoms with Gasteiger partial charge in [0, 0.05) is 4.47 Å². The molecule has 2 heterocycles. The van der Waals surface area contributed by atoms with Gasteiger partial charge < -0.3 is 9.47 Å². The Labute approximate surface area is 192 Å². The van der Waals surface area contributed by atoms with Crippen molar-refractivity contribution in [2.75, 3.05) is 13.2 Å². The lowest BCUT2D eigenvalue weighted by molar-refractivity contribution is -0.114. The predicted octanol–water partition coefficient (Wildman–Crippen LogP) is 4.94. The Balaban J connectivity index is 1.35. The third-order valence-electron chi connectivity index (χ3n) is 4.42. The van der Waals surface area contributed by atoms with Crippen molar-refractivity contribution < 1.29 is 14.3 Å². The van der Waals surface area contributed by atoms with Gasteiger partial charge >= 0.3 is 0 Å². The van der Waals surface area contributed by atoms with Crippen LogP contribution in [0.4, 0.5) is 0 Å². The zero-order valence-corrected chi connectivity index (χ0v) is 19.1. The summed E-state index contributed by atoms with van der Waals surface area (Å²) in [5.74, 6) is 1.09. The first-order chi connectivity index (χ1) is 15.0. The second-order valence-electron chi connectivity index (χ2n) is 6.59. The van der Waals surface area contributed by atoms with E-state index in [2.05, 4.69) is 26.0 Å². The quantitative estimate of drug-likeness (QED) is 0.431. The van der Waals surface area contributed by atoms with Gasteiger partial charge in [-0.15, -0.1) is 0 Å². The highest BCUT2D eigenvalue weighted by atomic mass is 79.9. The zero-order valence-electron chi connectivity index (χ0n) is 16.7. The molecule has 2 aliphatic rings. The second-order valence-corrected chi connectivity index (χ2v) is 8.54. The van der Waals surface area contributed by atoms with E-state index in [1.54, 1.807) is 6.08 Å². The molecule has 4 rings (SSSR count). The van der Waals surface area contributed by atoms with Crippen LogP contribution in [0.25, 0.3) is 6.08 Å². The number of carbonyl (C=O) groups excluding carboxylic acids is 1. The highest BCUT2D eigenvalue weighted by Crippen LogP contribution is 2.29. The molecule has 2 aliphatic heterocycles. The number of ether oxygens (including phenoxy) is 2. The standard InChI is InChI=1S/C22H19BrN4O3S/c1-2-19-26-27-20(24)18(21(28)25-22(27)31-19)13-14-3-7-16(8-4-14)29-11-12-30-17-9-5-15(23)6-10-17/h3-10,13,24H,2,11-12H2,1H3. The summed E-state index contributed by atoms with van der Waals surface area (Å²) >= 11 is 4.72. The van der Waals surface area contributed by atoms with Gasteiger partial charge in [0.2, 0.25) is 5.17 Å². The molecule has 158 valence electrons. The summed E-state index contributed by atoms with van der Waals surface area (Å²) in [6.45, 7) is 2.80. The number of amidine groups is 2. The van der Waals surface area contributed by atoms with Crippen molar-refractivity contribution in [2.24, 2.45) is 10.1 Å². The van der Waals surface area contributed by atoms with Gasteiger partial charge in [0.05, 0.1) is 5.57 Å². The molecule has 9 heteroatoms. The smallest absolute Gasteiger partial charge is 0.283 e. The Hall–Kier alpha value is -2.91. The van der Waals surface area contributed by atoms with Crippen molar-refractivity contribution in [3.05, 3.63) is 64.1 Å². The third kappa shape index (κ3) is 5.05. The Morgan fingerprint density at radius 2 is 1.68 bits per heavy atom. The molecule has 0 aromatic heterocycles. The SMILES string of the molecule is CCC1=NN2C(=N)C(=Cc3ccc(OCCOc4ccc(Br)cc4)cc3)C(=O)N=C2S1. The average molecular weight is 499 g/mol. The molecular formula is C22H19BrN4O3S. The summed E-state index contributed by atoms with van der Waals surface area (Å²) in [7, 11) is 0. The maximum Gasteiger partial charge on any atom is 0.283 e. The molecule has 0 aliphatic carbocycles. The first kappa shape index (κ1) is 21.3. The molecule has 2 aromatic carbocycles. The fourth-order valence-electron chi connectivity index (χ4n) is 2.85. The number of halogens is 1. The minimum Gasteiger partial charge on any atom is -0.490 e. The average Bonchev–Trinajstić information content (AvgIpc) is 3.20. The summed E-state index contributed by atoms with van der Waals surface area (Å²) in [6, 6.07) is 14.9. The van der Waals surface area contributed by atoms with E-state index in [0.29, 0.717) is 24.1 Å². The maximum atomic E-state index is 12.4. The fraction of sp³-hybridized carbons (Fsp3) is 0.182. The molecule has 1 amide bonds. The maximum absolute atomic E-state index is 12.4. The molecule has 31 heavy (non-hydrogen) atoms. The van der Waals surface area contributed by atoms with Crippen molar-refractivity contribution in [3.63, 3.8) is 0 Å². The molecule has 7 nitrogen and oxygen atoms in total. The van der Waals surface area contributed by atoms with Crippen LogP contribution in [-0.2, 0) is 4.79 Å². The predicted molar refractivity (Wildman–Crippen MR) is 127 cm³/mol. The Morgan fingerprint density at radius 1 is 1.06 bits per heavy atom. The lowest BCUT2D eigenvalue weighted by atomic mass is 10.1. The van der Waals surface area contributed by atoms with Crippen LogP contribution in [0, 0.1) is 5.41 Å². The summed E-state index contributed by atoms with van der Waals surface area (Å²) in [5, 5.41) is 15.4. The number of nitrogens with one attached hydrogen (secondary N) is 1. The summed E-state index contributed by atoms with van der Waals surface area (Å²) in [5.41, 5.74) is 0.985. The first-order valence-electron chi connectivity index (χ1n) is 9.64. The van der Waals surface area contributed by atoms with Crippen molar-refractivity contribution in [1.29, 1.82) is 5.41 Å². The molecule has 0 atom stereocenters. The van der Waals surface area contributed by atoms with E-state index < -0.39 is 5.91 Å². The van der Waals surface area contributed by atoms with Crippen LogP contribution in [0.1, 0.15) is 18.9 Å². The minimum absolute atomic E-state index is 0.0383. The molecule has 0 saturated carbocycles. The van der Waals surface area contributed by atoms with Crippen LogP contribution >= 0.6 is 27.7 Å². The van der Waals surface area contributed by atoms with Crippen LogP contribution in [-0.4, -0.2) is 40.2 Å². The monoisotopic (exact) mass is 498 g/mol. The molecule has 0 saturated heterocycles. The molecule has 0 radical (unpaired) electrons. The molecule has 0 spiro atoms. The minimum atomic E-state index is -0.429. The largest absolute Gasteiger partial charge is 0.490 e. The van der Waals surface area contributed by atoms with Gasteiger partial charge in [-0.2, -0.15) is 15.1 Å². The number of nitrogens with zero attached hydrogens (tertiary/aromatic N) is 3. The molecule has 0 fully saturated rings. The number of hydrogen-bond donors (Lipinski definition) is 1. The van der Waals surface area contributed by atoms with Crippen LogP contribution in [0.3, 0.4) is 0 Å². The van der Waals surface area contributed by atoms with Gasteiger partial charge in [0.25, 0.3) is 5.91 Å². The Kier molecular flexibility index (Phi) is 6.53. The van der Waals surface area contributed by atoms with E-state index >= 15 is 0 Å². The van der Waals surface area contributed by atoms with Crippen LogP contribution in [0.2, 0.25) is 0 Å². The van der Waals surface area contributed by atoms with Crippen molar-refractivity contribution in [3.8, 4) is 11.5 Å². The highest BCUT2D eigenvalue weighted by Gasteiger charge is 2.34. The van der Waals surface area contributed by atoms with E-state index in [4.69, 9.17) is 14.9 Å². The van der Waals surface area contributed by atoms with E-state index in [9.17, 15) is 4.79 Å². The number of benzene rings is 2. The first-order valence-corrected chi connectivity index (χ1v) is 11.2. The van der Waals surface area contributed by atoms with Gasteiger partial charge in [0.15, 0.2) is 5.84 Å². The number of carbonyl (C=O) groups is 1. The summed E-state index contributed by atoms with van der Waals surface area (Å²) in [4.78, 5) is 16.5. The summed E-state index contributed by atoms with van der Waals surface area (Å²) < 4.78 is 12.3. The van der Waals surface area contributed by atoms with E-state index in [1.807, 2.05) is 55.5 Å². The summed E-state index contributed by atoms with van der Waals surface area (Å²) in [6.07, 6.45) is 2.38. The number of hydrazone groups is 1. The van der Waals surface area contributed by atoms with Gasteiger partial charge in [0.1, 0.15) is 29.8 Å². The third-order valence-corrected chi connectivity index (χ3v) is 6.01. The number of fused-ring (bicyclic) bond motifs is 1. The van der Waals surface area contributed by atoms with Gasteiger partial charge in [-0.05, 0) is 66.2 Å². The van der Waals surface area contributed by atoms with E-state index in [1.165, 1.54) is 16.8 Å². The number of rotatable bonds is 7. The number of aliphatic imine (C=N–C) groups is 1. The molecular weight excluding hydrogens is 480 g/mol. The lowest BCUT2D eigenvalue weighted by Crippen LogP contribution is -2.35. The molecule has 0 bridgehead atoms. The topological polar surface area (TPSA) is 87.3 Å². The fourth-order valence-corrected chi connectivity index (χ4v) is 3.94. The second kappa shape index (κ2) is 9.49. The molecule has 1 N–H and O–H groups in total. The van der Waals surface area contributed by atoms with Gasteiger partial charge in [-0.25, -0.2) is 0 Å². The molecule has 0 unspecified atom stereocenters. The van der Waals surface area contributed by atoms with Gasteiger partial charge in [-0.3, -0.25) is 10.2 Å². The van der Waals surface area contributed by atoms with Crippen molar-refractivity contribution >= 4 is 55.7 Å². The number of hydrogen-bond acceptors (Lipinski definition) is 6. The zero-order chi connectivity index (χ0) is 21.8. The number of thioether (sulfide) groups is 1. The molecule has 2 aromatic rings. The lowest BCUT2D eigenvalue weighted by Gasteiger charge is -2.20. The van der Waals surface area contributed by atoms with Gasteiger partial charge in [-0.1, -0.05) is 35.0 Å². The number of amides is 1. The normalized spacial score (nSPS) is 16.8. The highest BCUT2D eigenvalue weighted by molar-refractivity contribution is 9.10. The Bertz CT molecular complexity index is 1090.